The third kappa shape index (κ3) is 6.28. The van der Waals surface area contributed by atoms with Gasteiger partial charge >= 0.3 is 0 Å². The normalized spacial score (nSPS) is 16.4. The summed E-state index contributed by atoms with van der Waals surface area (Å²) in [5, 5.41) is 10.9. The first-order valence-corrected chi connectivity index (χ1v) is 4.13. The van der Waals surface area contributed by atoms with Crippen LogP contribution in [0.2, 0.25) is 0 Å². The quantitative estimate of drug-likeness (QED) is 0.558. The Morgan fingerprint density at radius 1 is 1.36 bits per heavy atom. The van der Waals surface area contributed by atoms with Crippen molar-refractivity contribution in [1.29, 1.82) is 0 Å². The third-order valence-corrected chi connectivity index (χ3v) is 1.27. The van der Waals surface area contributed by atoms with Crippen LogP contribution in [-0.2, 0) is 14.6 Å². The zero-order chi connectivity index (χ0) is 8.69. The molecule has 0 aliphatic rings. The van der Waals surface area contributed by atoms with Gasteiger partial charge in [0.05, 0.1) is 0 Å². The molecule has 3 nitrogen and oxygen atoms in total. The van der Waals surface area contributed by atoms with E-state index in [0.29, 0.717) is 13.0 Å². The summed E-state index contributed by atoms with van der Waals surface area (Å²) in [5.41, 5.74) is 0. The lowest BCUT2D eigenvalue weighted by atomic mass is 10.3. The lowest BCUT2D eigenvalue weighted by Crippen LogP contribution is -2.20. The van der Waals surface area contributed by atoms with Crippen molar-refractivity contribution >= 4 is 0 Å². The van der Waals surface area contributed by atoms with E-state index in [9.17, 15) is 5.11 Å². The molecule has 0 aliphatic carbocycles. The average Bonchev–Trinajstić information content (AvgIpc) is 1.87. The van der Waals surface area contributed by atoms with Gasteiger partial charge in [-0.05, 0) is 13.8 Å². The number of ether oxygens (including phenoxy) is 2. The van der Waals surface area contributed by atoms with Crippen LogP contribution in [0, 0.1) is 0 Å². The van der Waals surface area contributed by atoms with Crippen LogP contribution in [0.15, 0.2) is 0 Å². The highest BCUT2D eigenvalue weighted by Crippen LogP contribution is 2.03. The maximum Gasteiger partial charge on any atom is 0.194 e. The van der Waals surface area contributed by atoms with Gasteiger partial charge in [-0.1, -0.05) is 13.3 Å². The van der Waals surface area contributed by atoms with E-state index in [1.165, 1.54) is 0 Å². The Labute approximate surface area is 68.3 Å². The molecule has 0 rings (SSSR count). The Morgan fingerprint density at radius 3 is 2.45 bits per heavy atom. The summed E-state index contributed by atoms with van der Waals surface area (Å²) in [6.07, 6.45) is 0.111. The molecule has 0 heterocycles. The molecule has 2 unspecified atom stereocenters. The van der Waals surface area contributed by atoms with Crippen molar-refractivity contribution in [2.75, 3.05) is 6.61 Å². The largest absolute Gasteiger partial charge is 0.353 e. The maximum atomic E-state index is 10.9. The third-order valence-electron chi connectivity index (χ3n) is 1.27. The van der Waals surface area contributed by atoms with E-state index in [4.69, 9.17) is 9.47 Å². The van der Waals surface area contributed by atoms with Crippen LogP contribution in [-0.4, -0.2) is 19.2 Å². The topological polar surface area (TPSA) is 38.4 Å². The minimum atomic E-state index is -0.929. The molecule has 0 aromatic heterocycles. The van der Waals surface area contributed by atoms with Crippen LogP contribution >= 0.6 is 0 Å². The SMILES string of the molecule is CCCC([O])OC(C)OCC. The van der Waals surface area contributed by atoms with Gasteiger partial charge in [0.15, 0.2) is 12.6 Å². The first-order valence-electron chi connectivity index (χ1n) is 4.13. The van der Waals surface area contributed by atoms with Crippen molar-refractivity contribution in [3.63, 3.8) is 0 Å². The van der Waals surface area contributed by atoms with Crippen LogP contribution in [0.1, 0.15) is 33.6 Å². The molecular formula is C8H17O3. The minimum absolute atomic E-state index is 0.367. The average molecular weight is 161 g/mol. The second kappa shape index (κ2) is 6.58. The fourth-order valence-corrected chi connectivity index (χ4v) is 0.791. The van der Waals surface area contributed by atoms with E-state index in [1.54, 1.807) is 6.92 Å². The van der Waals surface area contributed by atoms with Gasteiger partial charge in [-0.2, -0.15) is 0 Å². The molecule has 0 saturated carbocycles. The van der Waals surface area contributed by atoms with Crippen molar-refractivity contribution in [1.82, 2.24) is 0 Å². The minimum Gasteiger partial charge on any atom is -0.353 e. The Morgan fingerprint density at radius 2 is 2.00 bits per heavy atom. The van der Waals surface area contributed by atoms with Gasteiger partial charge < -0.3 is 9.47 Å². The molecule has 1 radical (unpaired) electrons. The van der Waals surface area contributed by atoms with Crippen molar-refractivity contribution in [3.05, 3.63) is 0 Å². The first kappa shape index (κ1) is 10.9. The molecule has 0 aliphatic heterocycles. The summed E-state index contributed by atoms with van der Waals surface area (Å²) in [6, 6.07) is 0. The summed E-state index contributed by atoms with van der Waals surface area (Å²) in [4.78, 5) is 0. The highest BCUT2D eigenvalue weighted by Gasteiger charge is 2.09. The van der Waals surface area contributed by atoms with Crippen LogP contribution in [0.5, 0.6) is 0 Å². The van der Waals surface area contributed by atoms with Crippen LogP contribution < -0.4 is 0 Å². The highest BCUT2D eigenvalue weighted by atomic mass is 16.7. The molecule has 11 heavy (non-hydrogen) atoms. The van der Waals surface area contributed by atoms with Gasteiger partial charge in [-0.15, -0.1) is 0 Å². The van der Waals surface area contributed by atoms with Crippen molar-refractivity contribution in [2.24, 2.45) is 0 Å². The summed E-state index contributed by atoms with van der Waals surface area (Å²) in [5.74, 6) is 0. The molecule has 0 spiro atoms. The Kier molecular flexibility index (Phi) is 6.51. The van der Waals surface area contributed by atoms with E-state index in [0.717, 1.165) is 6.42 Å². The van der Waals surface area contributed by atoms with Gasteiger partial charge in [-0.25, -0.2) is 5.11 Å². The number of rotatable bonds is 6. The Bertz CT molecular complexity index is 75.4. The van der Waals surface area contributed by atoms with E-state index in [1.807, 2.05) is 13.8 Å². The van der Waals surface area contributed by atoms with Crippen molar-refractivity contribution < 1.29 is 14.6 Å². The predicted octanol–water partition coefficient (Wildman–Crippen LogP) is 1.94. The Balaban J connectivity index is 3.32. The predicted molar refractivity (Wildman–Crippen MR) is 41.6 cm³/mol. The molecule has 2 atom stereocenters. The molecule has 0 amide bonds. The fraction of sp³-hybridized carbons (Fsp3) is 1.00. The smallest absolute Gasteiger partial charge is 0.194 e. The summed E-state index contributed by atoms with van der Waals surface area (Å²) in [7, 11) is 0. The van der Waals surface area contributed by atoms with Gasteiger partial charge in [-0.3, -0.25) is 0 Å². The number of hydrogen-bond acceptors (Lipinski definition) is 2. The fourth-order valence-electron chi connectivity index (χ4n) is 0.791. The first-order chi connectivity index (χ1) is 5.20. The van der Waals surface area contributed by atoms with Gasteiger partial charge in [0, 0.05) is 13.0 Å². The van der Waals surface area contributed by atoms with E-state index in [2.05, 4.69) is 0 Å². The van der Waals surface area contributed by atoms with Gasteiger partial charge in [0.2, 0.25) is 0 Å². The summed E-state index contributed by atoms with van der Waals surface area (Å²) < 4.78 is 9.99. The van der Waals surface area contributed by atoms with Crippen LogP contribution in [0.25, 0.3) is 0 Å². The molecule has 0 fully saturated rings. The lowest BCUT2D eigenvalue weighted by Gasteiger charge is -2.15. The molecule has 0 N–H and O–H groups in total. The molecular weight excluding hydrogens is 144 g/mol. The summed E-state index contributed by atoms with van der Waals surface area (Å²) in [6.45, 7) is 6.16. The Hall–Kier alpha value is -0.120. The van der Waals surface area contributed by atoms with Crippen LogP contribution in [0.3, 0.4) is 0 Å². The maximum absolute atomic E-state index is 10.9. The van der Waals surface area contributed by atoms with Crippen molar-refractivity contribution in [3.8, 4) is 0 Å². The molecule has 3 heteroatoms. The summed E-state index contributed by atoms with van der Waals surface area (Å²) >= 11 is 0. The van der Waals surface area contributed by atoms with Gasteiger partial charge in [0.1, 0.15) is 0 Å². The van der Waals surface area contributed by atoms with E-state index in [-0.39, 0.29) is 6.29 Å². The van der Waals surface area contributed by atoms with E-state index >= 15 is 0 Å². The van der Waals surface area contributed by atoms with E-state index < -0.39 is 6.29 Å². The molecule has 0 saturated heterocycles. The second-order valence-corrected chi connectivity index (χ2v) is 2.38. The zero-order valence-corrected chi connectivity index (χ0v) is 7.50. The molecule has 0 aromatic carbocycles. The second-order valence-electron chi connectivity index (χ2n) is 2.38. The number of hydrogen-bond donors (Lipinski definition) is 0. The standard InChI is InChI=1S/C8H17O3/c1-4-6-8(9)11-7(3)10-5-2/h7-8H,4-6H2,1-3H3. The lowest BCUT2D eigenvalue weighted by molar-refractivity contribution is -0.240. The molecule has 0 aromatic rings. The zero-order valence-electron chi connectivity index (χ0n) is 7.50. The van der Waals surface area contributed by atoms with Crippen molar-refractivity contribution in [2.45, 2.75) is 46.2 Å². The van der Waals surface area contributed by atoms with Gasteiger partial charge in [0.25, 0.3) is 0 Å². The molecule has 67 valence electrons. The van der Waals surface area contributed by atoms with Crippen LogP contribution in [0.4, 0.5) is 0 Å². The monoisotopic (exact) mass is 161 g/mol. The molecule has 0 bridgehead atoms. The highest BCUT2D eigenvalue weighted by molar-refractivity contribution is 4.40.